The summed E-state index contributed by atoms with van der Waals surface area (Å²) in [4.78, 5) is 0. The van der Waals surface area contributed by atoms with Crippen molar-refractivity contribution in [1.82, 2.24) is 0 Å². The Balaban J connectivity index is 2.73. The molecule has 0 N–H and O–H groups in total. The van der Waals surface area contributed by atoms with E-state index in [9.17, 15) is 52.3 Å². The van der Waals surface area contributed by atoms with Crippen LogP contribution in [0.4, 0.5) is 43.9 Å². The molecule has 0 aliphatic heterocycles. The molecule has 0 amide bonds. The highest BCUT2D eigenvalue weighted by Gasteiger charge is 2.64. The molecule has 0 unspecified atom stereocenters. The third-order valence-corrected chi connectivity index (χ3v) is 5.16. The summed E-state index contributed by atoms with van der Waals surface area (Å²) >= 11 is 0. The summed E-state index contributed by atoms with van der Waals surface area (Å²) in [6.07, 6.45) is 0. The highest BCUT2D eigenvalue weighted by molar-refractivity contribution is 7.92. The number of alkyl halides is 4. The van der Waals surface area contributed by atoms with Gasteiger partial charge in [-0.05, 0) is 24.3 Å². The largest absolute Gasteiger partial charge is 0.380 e. The van der Waals surface area contributed by atoms with Gasteiger partial charge >= 0.3 is 10.5 Å². The molecule has 0 aromatic heterocycles. The Bertz CT molecular complexity index is 942. The Kier molecular flexibility index (Phi) is 4.97. The second-order valence-corrected chi connectivity index (χ2v) is 7.02. The molecule has 0 saturated carbocycles. The molecule has 0 bridgehead atoms. The van der Waals surface area contributed by atoms with Gasteiger partial charge in [-0.3, -0.25) is 0 Å². The van der Waals surface area contributed by atoms with Gasteiger partial charge in [-0.25, -0.2) is 34.8 Å². The molecule has 0 heterocycles. The average molecular weight is 426 g/mol. The van der Waals surface area contributed by atoms with Gasteiger partial charge < -0.3 is 0 Å². The molecule has 13 heteroatoms. The van der Waals surface area contributed by atoms with E-state index < -0.39 is 66.4 Å². The lowest BCUT2D eigenvalue weighted by molar-refractivity contribution is 0.0361. The summed E-state index contributed by atoms with van der Waals surface area (Å²) in [5.41, 5.74) is -4.99. The van der Waals surface area contributed by atoms with Gasteiger partial charge in [0.2, 0.25) is 0 Å². The van der Waals surface area contributed by atoms with Crippen LogP contribution in [0.1, 0.15) is 11.1 Å². The van der Waals surface area contributed by atoms with Gasteiger partial charge in [0.25, 0.3) is 9.84 Å². The van der Waals surface area contributed by atoms with Crippen molar-refractivity contribution in [3.05, 3.63) is 70.3 Å². The Morgan fingerprint density at radius 2 is 0.852 bits per heavy atom. The van der Waals surface area contributed by atoms with Crippen molar-refractivity contribution in [2.75, 3.05) is 0 Å². The van der Waals surface area contributed by atoms with Crippen molar-refractivity contribution in [2.45, 2.75) is 10.5 Å². The monoisotopic (exact) mass is 426 g/mol. The molecule has 27 heavy (non-hydrogen) atoms. The maximum Gasteiger partial charge on any atom is 0.380 e. The van der Waals surface area contributed by atoms with Crippen LogP contribution in [0.25, 0.3) is 0 Å². The fraction of sp³-hybridized carbons (Fsp3) is 0.143. The summed E-state index contributed by atoms with van der Waals surface area (Å²) in [5.74, 6) is -14.8. The molecule has 0 atom stereocenters. The third-order valence-electron chi connectivity index (χ3n) is 3.37. The summed E-state index contributed by atoms with van der Waals surface area (Å²) in [7, 11) is -7.27. The lowest BCUT2D eigenvalue weighted by Crippen LogP contribution is -2.40. The van der Waals surface area contributed by atoms with Crippen molar-refractivity contribution in [2.24, 2.45) is 0 Å². The van der Waals surface area contributed by atoms with E-state index in [1.807, 2.05) is 0 Å². The van der Waals surface area contributed by atoms with Gasteiger partial charge in [-0.2, -0.15) is 17.6 Å². The lowest BCUT2D eigenvalue weighted by atomic mass is 10.2. The molecule has 0 aliphatic rings. The zero-order valence-corrected chi connectivity index (χ0v) is 13.1. The van der Waals surface area contributed by atoms with Crippen molar-refractivity contribution in [1.29, 1.82) is 0 Å². The average Bonchev–Trinajstić information content (AvgIpc) is 2.56. The first-order chi connectivity index (χ1) is 12.2. The van der Waals surface area contributed by atoms with Crippen LogP contribution in [0, 0.1) is 34.9 Å². The highest BCUT2D eigenvalue weighted by atomic mass is 32.2. The number of halogens is 10. The van der Waals surface area contributed by atoms with Crippen molar-refractivity contribution in [3.8, 4) is 0 Å². The predicted octanol–water partition coefficient (Wildman–Crippen LogP) is 4.73. The number of benzene rings is 2. The van der Waals surface area contributed by atoms with E-state index in [1.165, 1.54) is 0 Å². The fourth-order valence-electron chi connectivity index (χ4n) is 1.95. The van der Waals surface area contributed by atoms with Crippen molar-refractivity contribution in [3.63, 3.8) is 0 Å². The van der Waals surface area contributed by atoms with Crippen molar-refractivity contribution >= 4 is 9.84 Å². The number of hydrogen-bond acceptors (Lipinski definition) is 2. The third kappa shape index (κ3) is 2.93. The quantitative estimate of drug-likeness (QED) is 0.523. The minimum absolute atomic E-state index is 0.159. The molecular weight excluding hydrogens is 422 g/mol. The first-order valence-electron chi connectivity index (χ1n) is 6.45. The molecule has 0 fully saturated rings. The molecule has 2 rings (SSSR count). The van der Waals surface area contributed by atoms with Crippen LogP contribution in [-0.4, -0.2) is 8.42 Å². The van der Waals surface area contributed by atoms with E-state index in [0.717, 1.165) is 0 Å². The maximum absolute atomic E-state index is 14.1. The maximum atomic E-state index is 14.1. The summed E-state index contributed by atoms with van der Waals surface area (Å²) in [5, 5.41) is -11.8. The SMILES string of the molecule is O=S(=O)(C(F)(F)c1ccc(F)c(F)c1F)C(F)(F)c1ccc(F)c(F)c1F. The second-order valence-electron chi connectivity index (χ2n) is 4.98. The minimum Gasteiger partial charge on any atom is -0.215 e. The van der Waals surface area contributed by atoms with Gasteiger partial charge in [0.1, 0.15) is 0 Å². The Morgan fingerprint density at radius 1 is 0.556 bits per heavy atom. The number of hydrogen-bond donors (Lipinski definition) is 0. The van der Waals surface area contributed by atoms with Gasteiger partial charge in [0, 0.05) is 0 Å². The van der Waals surface area contributed by atoms with E-state index in [2.05, 4.69) is 0 Å². The second kappa shape index (κ2) is 6.39. The van der Waals surface area contributed by atoms with E-state index in [1.54, 1.807) is 0 Å². The molecule has 2 aromatic rings. The van der Waals surface area contributed by atoms with Crippen LogP contribution < -0.4 is 0 Å². The molecule has 0 saturated heterocycles. The zero-order chi connectivity index (χ0) is 20.9. The van der Waals surface area contributed by atoms with Gasteiger partial charge in [-0.15, -0.1) is 0 Å². The molecule has 0 radical (unpaired) electrons. The molecular formula is C14H4F10O2S. The van der Waals surface area contributed by atoms with Crippen molar-refractivity contribution < 1.29 is 52.3 Å². The summed E-state index contributed by atoms with van der Waals surface area (Å²) < 4.78 is 159. The molecule has 0 aliphatic carbocycles. The van der Waals surface area contributed by atoms with Gasteiger partial charge in [-0.1, -0.05) is 0 Å². The lowest BCUT2D eigenvalue weighted by Gasteiger charge is -2.25. The van der Waals surface area contributed by atoms with E-state index in [0.29, 0.717) is 0 Å². The van der Waals surface area contributed by atoms with E-state index in [-0.39, 0.29) is 24.3 Å². The highest BCUT2D eigenvalue weighted by Crippen LogP contribution is 2.49. The van der Waals surface area contributed by atoms with Crippen LogP contribution >= 0.6 is 0 Å². The fourth-order valence-corrected chi connectivity index (χ4v) is 3.17. The Labute approximate surface area is 143 Å². The van der Waals surface area contributed by atoms with Crippen LogP contribution in [0.15, 0.2) is 24.3 Å². The molecule has 148 valence electrons. The van der Waals surface area contributed by atoms with E-state index in [4.69, 9.17) is 0 Å². The van der Waals surface area contributed by atoms with E-state index >= 15 is 0 Å². The summed E-state index contributed by atoms with van der Waals surface area (Å²) in [6.45, 7) is 0. The standard InChI is InChI=1S/C14H4F10O2S/c15-7-3-1-5(9(17)11(7)19)13(21,22)27(25,26)14(23,24)6-2-4-8(16)12(20)10(6)18/h1-4H. The smallest absolute Gasteiger partial charge is 0.215 e. The summed E-state index contributed by atoms with van der Waals surface area (Å²) in [6, 6.07) is -0.952. The first-order valence-corrected chi connectivity index (χ1v) is 7.94. The van der Waals surface area contributed by atoms with Gasteiger partial charge in [0.15, 0.2) is 34.9 Å². The van der Waals surface area contributed by atoms with Crippen LogP contribution in [0.3, 0.4) is 0 Å². The van der Waals surface area contributed by atoms with Crippen LogP contribution in [-0.2, 0) is 20.3 Å². The van der Waals surface area contributed by atoms with Crippen LogP contribution in [0.5, 0.6) is 0 Å². The molecule has 2 nitrogen and oxygen atoms in total. The minimum atomic E-state index is -7.27. The molecule has 2 aromatic carbocycles. The topological polar surface area (TPSA) is 34.1 Å². The van der Waals surface area contributed by atoms with Gasteiger partial charge in [0.05, 0.1) is 11.1 Å². The Morgan fingerprint density at radius 3 is 1.15 bits per heavy atom. The number of rotatable bonds is 4. The normalized spacial score (nSPS) is 13.1. The number of sulfone groups is 1. The molecule has 0 spiro atoms. The first kappa shape index (κ1) is 21.0. The Hall–Kier alpha value is -2.31. The zero-order valence-electron chi connectivity index (χ0n) is 12.3. The van der Waals surface area contributed by atoms with Crippen LogP contribution in [0.2, 0.25) is 0 Å². The predicted molar refractivity (Wildman–Crippen MR) is 69.3 cm³/mol.